The molecule has 4 rings (SSSR count). The van der Waals surface area contributed by atoms with Gasteiger partial charge in [-0.05, 0) is 42.7 Å². The molecule has 0 saturated heterocycles. The SMILES string of the molecule is O=c1cc(-c2ccccc2OCc2ccc(Br)cc2F)ccn1[C@H]1CCCC[C@@H]1O. The lowest BCUT2D eigenvalue weighted by Crippen LogP contribution is -2.34. The van der Waals surface area contributed by atoms with Crippen LogP contribution < -0.4 is 10.3 Å². The summed E-state index contributed by atoms with van der Waals surface area (Å²) in [5.41, 5.74) is 1.80. The molecule has 6 heteroatoms. The van der Waals surface area contributed by atoms with Gasteiger partial charge in [-0.2, -0.15) is 0 Å². The van der Waals surface area contributed by atoms with Crippen molar-refractivity contribution < 1.29 is 14.2 Å². The number of rotatable bonds is 5. The van der Waals surface area contributed by atoms with Gasteiger partial charge in [0.2, 0.25) is 0 Å². The van der Waals surface area contributed by atoms with E-state index in [4.69, 9.17) is 4.74 Å². The van der Waals surface area contributed by atoms with Gasteiger partial charge in [0.15, 0.2) is 0 Å². The highest BCUT2D eigenvalue weighted by molar-refractivity contribution is 9.10. The highest BCUT2D eigenvalue weighted by Gasteiger charge is 2.25. The van der Waals surface area contributed by atoms with Crippen molar-refractivity contribution in [2.24, 2.45) is 0 Å². The van der Waals surface area contributed by atoms with Crippen molar-refractivity contribution in [1.82, 2.24) is 4.57 Å². The van der Waals surface area contributed by atoms with Gasteiger partial charge in [-0.25, -0.2) is 4.39 Å². The molecule has 2 atom stereocenters. The standard InChI is InChI=1S/C24H23BrFNO3/c25-18-10-9-17(20(26)14-18)15-30-23-8-4-1-5-19(23)16-11-12-27(24(29)13-16)21-6-2-3-7-22(21)28/h1,4-5,8-14,21-22,28H,2-3,6-7,15H2/t21-,22-/m0/s1. The van der Waals surface area contributed by atoms with E-state index in [0.717, 1.165) is 36.8 Å². The van der Waals surface area contributed by atoms with Gasteiger partial charge in [-0.1, -0.05) is 53.0 Å². The highest BCUT2D eigenvalue weighted by atomic mass is 79.9. The van der Waals surface area contributed by atoms with Crippen LogP contribution in [0.5, 0.6) is 5.75 Å². The zero-order chi connectivity index (χ0) is 21.1. The topological polar surface area (TPSA) is 51.5 Å². The van der Waals surface area contributed by atoms with Crippen molar-refractivity contribution in [3.8, 4) is 16.9 Å². The summed E-state index contributed by atoms with van der Waals surface area (Å²) in [5.74, 6) is 0.241. The second kappa shape index (κ2) is 9.14. The Kier molecular flexibility index (Phi) is 6.35. The Bertz CT molecular complexity index is 1100. The van der Waals surface area contributed by atoms with Crippen molar-refractivity contribution in [2.75, 3.05) is 0 Å². The van der Waals surface area contributed by atoms with E-state index < -0.39 is 6.10 Å². The highest BCUT2D eigenvalue weighted by Crippen LogP contribution is 2.31. The number of pyridine rings is 1. The third-order valence-corrected chi connectivity index (χ3v) is 6.09. The Balaban J connectivity index is 1.59. The first-order valence-electron chi connectivity index (χ1n) is 10.1. The van der Waals surface area contributed by atoms with Gasteiger partial charge >= 0.3 is 0 Å². The van der Waals surface area contributed by atoms with Crippen LogP contribution in [-0.2, 0) is 6.61 Å². The van der Waals surface area contributed by atoms with Gasteiger partial charge in [0.1, 0.15) is 18.2 Å². The Morgan fingerprint density at radius 1 is 1.10 bits per heavy atom. The summed E-state index contributed by atoms with van der Waals surface area (Å²) in [6.45, 7) is 0.0848. The largest absolute Gasteiger partial charge is 0.488 e. The molecule has 0 spiro atoms. The van der Waals surface area contributed by atoms with E-state index >= 15 is 0 Å². The lowest BCUT2D eigenvalue weighted by atomic mass is 9.92. The molecule has 0 bridgehead atoms. The minimum atomic E-state index is -0.487. The van der Waals surface area contributed by atoms with Crippen molar-refractivity contribution in [2.45, 2.75) is 44.4 Å². The zero-order valence-corrected chi connectivity index (χ0v) is 18.0. The van der Waals surface area contributed by atoms with Crippen LogP contribution in [0.4, 0.5) is 4.39 Å². The van der Waals surface area contributed by atoms with E-state index in [9.17, 15) is 14.3 Å². The maximum Gasteiger partial charge on any atom is 0.251 e. The van der Waals surface area contributed by atoms with Crippen LogP contribution in [0.25, 0.3) is 11.1 Å². The molecule has 2 aromatic carbocycles. The Morgan fingerprint density at radius 2 is 1.90 bits per heavy atom. The maximum absolute atomic E-state index is 14.1. The molecule has 1 heterocycles. The lowest BCUT2D eigenvalue weighted by molar-refractivity contribution is 0.0738. The number of aliphatic hydroxyl groups excluding tert-OH is 1. The van der Waals surface area contributed by atoms with Crippen molar-refractivity contribution >= 4 is 15.9 Å². The van der Waals surface area contributed by atoms with Crippen LogP contribution in [0.3, 0.4) is 0 Å². The third kappa shape index (κ3) is 4.50. The van der Waals surface area contributed by atoms with Crippen molar-refractivity contribution in [1.29, 1.82) is 0 Å². The second-order valence-corrected chi connectivity index (χ2v) is 8.52. The fraction of sp³-hybridized carbons (Fsp3) is 0.292. The molecule has 1 N–H and O–H groups in total. The number of hydrogen-bond donors (Lipinski definition) is 1. The second-order valence-electron chi connectivity index (χ2n) is 7.60. The van der Waals surface area contributed by atoms with E-state index in [2.05, 4.69) is 15.9 Å². The fourth-order valence-electron chi connectivity index (χ4n) is 3.97. The molecule has 1 aromatic heterocycles. The van der Waals surface area contributed by atoms with E-state index in [-0.39, 0.29) is 24.0 Å². The molecule has 0 unspecified atom stereocenters. The summed E-state index contributed by atoms with van der Waals surface area (Å²) in [4.78, 5) is 12.8. The average Bonchev–Trinajstić information content (AvgIpc) is 2.74. The monoisotopic (exact) mass is 471 g/mol. The Labute approximate surface area is 183 Å². The molecule has 1 saturated carbocycles. The molecule has 0 aliphatic heterocycles. The number of aromatic nitrogens is 1. The Morgan fingerprint density at radius 3 is 2.67 bits per heavy atom. The summed E-state index contributed by atoms with van der Waals surface area (Å²) in [7, 11) is 0. The fourth-order valence-corrected chi connectivity index (χ4v) is 4.31. The molecule has 1 aliphatic rings. The summed E-state index contributed by atoms with van der Waals surface area (Å²) in [5, 5.41) is 10.3. The van der Waals surface area contributed by atoms with E-state index in [0.29, 0.717) is 15.8 Å². The van der Waals surface area contributed by atoms with Gasteiger partial charge in [0.05, 0.1) is 12.1 Å². The number of benzene rings is 2. The summed E-state index contributed by atoms with van der Waals surface area (Å²) in [6, 6.07) is 15.5. The number of para-hydroxylation sites is 1. The maximum atomic E-state index is 14.1. The predicted octanol–water partition coefficient (Wildman–Crippen LogP) is 5.47. The van der Waals surface area contributed by atoms with Gasteiger partial charge in [0.25, 0.3) is 5.56 Å². The first-order chi connectivity index (χ1) is 14.5. The molecule has 1 fully saturated rings. The van der Waals surface area contributed by atoms with Crippen LogP contribution in [0, 0.1) is 5.82 Å². The molecular weight excluding hydrogens is 449 g/mol. The van der Waals surface area contributed by atoms with Crippen LogP contribution in [-0.4, -0.2) is 15.8 Å². The van der Waals surface area contributed by atoms with Crippen molar-refractivity contribution in [3.05, 3.63) is 87.0 Å². The number of hydrogen-bond acceptors (Lipinski definition) is 3. The molecule has 156 valence electrons. The van der Waals surface area contributed by atoms with Gasteiger partial charge < -0.3 is 14.4 Å². The summed E-state index contributed by atoms with van der Waals surface area (Å²) in [6.07, 6.45) is 4.80. The molecule has 0 radical (unpaired) electrons. The van der Waals surface area contributed by atoms with Gasteiger partial charge in [-0.15, -0.1) is 0 Å². The van der Waals surface area contributed by atoms with Crippen LogP contribution in [0.2, 0.25) is 0 Å². The first-order valence-corrected chi connectivity index (χ1v) is 10.9. The van der Waals surface area contributed by atoms with Crippen LogP contribution >= 0.6 is 15.9 Å². The zero-order valence-electron chi connectivity index (χ0n) is 16.4. The van der Waals surface area contributed by atoms with Gasteiger partial charge in [0, 0.05) is 27.9 Å². The molecule has 30 heavy (non-hydrogen) atoms. The minimum Gasteiger partial charge on any atom is -0.488 e. The molecule has 3 aromatic rings. The Hall–Kier alpha value is -2.44. The predicted molar refractivity (Wildman–Crippen MR) is 118 cm³/mol. The number of halogens is 2. The molecule has 0 amide bonds. The molecular formula is C24H23BrFNO3. The smallest absolute Gasteiger partial charge is 0.251 e. The van der Waals surface area contributed by atoms with E-state index in [1.54, 1.807) is 29.0 Å². The quantitative estimate of drug-likeness (QED) is 0.536. The summed E-state index contributed by atoms with van der Waals surface area (Å²) >= 11 is 3.25. The van der Waals surface area contributed by atoms with E-state index in [1.807, 2.05) is 30.3 Å². The van der Waals surface area contributed by atoms with Gasteiger partial charge in [-0.3, -0.25) is 4.79 Å². The van der Waals surface area contributed by atoms with Crippen LogP contribution in [0.15, 0.2) is 70.1 Å². The minimum absolute atomic E-state index is 0.0848. The number of ether oxygens (including phenoxy) is 1. The summed E-state index contributed by atoms with van der Waals surface area (Å²) < 4.78 is 22.3. The number of nitrogens with zero attached hydrogens (tertiary/aromatic N) is 1. The van der Waals surface area contributed by atoms with Crippen molar-refractivity contribution in [3.63, 3.8) is 0 Å². The number of aliphatic hydroxyl groups is 1. The lowest BCUT2D eigenvalue weighted by Gasteiger charge is -2.29. The van der Waals surface area contributed by atoms with E-state index in [1.165, 1.54) is 6.07 Å². The average molecular weight is 472 g/mol. The van der Waals surface area contributed by atoms with Crippen LogP contribution in [0.1, 0.15) is 37.3 Å². The normalized spacial score (nSPS) is 18.9. The molecule has 4 nitrogen and oxygen atoms in total. The first kappa shape index (κ1) is 20.8. The third-order valence-electron chi connectivity index (χ3n) is 5.60. The molecule has 1 aliphatic carbocycles.